The van der Waals surface area contributed by atoms with Crippen molar-refractivity contribution in [1.82, 2.24) is 0 Å². The van der Waals surface area contributed by atoms with Gasteiger partial charge in [0.15, 0.2) is 0 Å². The van der Waals surface area contributed by atoms with E-state index in [2.05, 4.69) is 46.9 Å². The molecule has 0 radical (unpaired) electrons. The molecule has 2 rings (SSSR count). The molecule has 0 aromatic heterocycles. The summed E-state index contributed by atoms with van der Waals surface area (Å²) in [5, 5.41) is 10.4. The van der Waals surface area contributed by atoms with Crippen LogP contribution < -0.4 is 0 Å². The van der Waals surface area contributed by atoms with E-state index in [1.54, 1.807) is 0 Å². The third-order valence-corrected chi connectivity index (χ3v) is 4.13. The molecule has 2 atom stereocenters. The molecule has 0 bridgehead atoms. The van der Waals surface area contributed by atoms with Gasteiger partial charge in [0, 0.05) is 9.49 Å². The highest BCUT2D eigenvalue weighted by Crippen LogP contribution is 2.29. The fourth-order valence-electron chi connectivity index (χ4n) is 2.36. The third-order valence-electron chi connectivity index (χ3n) is 3.41. The van der Waals surface area contributed by atoms with Gasteiger partial charge in [0.25, 0.3) is 0 Å². The predicted octanol–water partition coefficient (Wildman–Crippen LogP) is 4.46. The molecule has 1 aliphatic rings. The van der Waals surface area contributed by atoms with Gasteiger partial charge in [0.1, 0.15) is 0 Å². The van der Waals surface area contributed by atoms with Crippen molar-refractivity contribution in [3.8, 4) is 0 Å². The number of rotatable bonds is 2. The average molecular weight is 342 g/mol. The molecule has 1 aromatic rings. The first-order chi connectivity index (χ1) is 8.27. The van der Waals surface area contributed by atoms with Crippen LogP contribution in [0.5, 0.6) is 0 Å². The Hall–Kier alpha value is -0.350. The van der Waals surface area contributed by atoms with E-state index in [-0.39, 0.29) is 12.0 Å². The zero-order valence-electron chi connectivity index (χ0n) is 9.98. The van der Waals surface area contributed by atoms with Crippen molar-refractivity contribution in [3.63, 3.8) is 0 Å². The number of halogens is 1. The second kappa shape index (κ2) is 6.55. The highest BCUT2D eigenvalue weighted by Gasteiger charge is 2.18. The summed E-state index contributed by atoms with van der Waals surface area (Å²) in [4.78, 5) is 0. The summed E-state index contributed by atoms with van der Waals surface area (Å²) < 4.78 is 1.21. The van der Waals surface area contributed by atoms with Gasteiger partial charge >= 0.3 is 0 Å². The highest BCUT2D eigenvalue weighted by molar-refractivity contribution is 14.1. The summed E-state index contributed by atoms with van der Waals surface area (Å²) in [6.45, 7) is 0. The van der Waals surface area contributed by atoms with E-state index in [9.17, 15) is 5.11 Å². The highest BCUT2D eigenvalue weighted by atomic mass is 127. The van der Waals surface area contributed by atoms with Crippen molar-refractivity contribution in [1.29, 1.82) is 0 Å². The average Bonchev–Trinajstić information content (AvgIpc) is 2.29. The standard InChI is InChI=1S/C15H19IO/c16-14-10-8-13(9-11-14)15(17)12-6-4-2-1-3-5-7-12/h4,6,8-12,15,17H,1-3,5,7H2/b6-4-. The number of aliphatic hydroxyl groups is 1. The van der Waals surface area contributed by atoms with Crippen LogP contribution in [0.25, 0.3) is 0 Å². The zero-order chi connectivity index (χ0) is 12.1. The van der Waals surface area contributed by atoms with Crippen LogP contribution in [0.2, 0.25) is 0 Å². The summed E-state index contributed by atoms with van der Waals surface area (Å²) in [6.07, 6.45) is 10.2. The fourth-order valence-corrected chi connectivity index (χ4v) is 2.72. The first kappa shape index (κ1) is 13.1. The monoisotopic (exact) mass is 342 g/mol. The van der Waals surface area contributed by atoms with E-state index in [1.165, 1.54) is 22.8 Å². The summed E-state index contributed by atoms with van der Waals surface area (Å²) in [7, 11) is 0. The van der Waals surface area contributed by atoms with Crippen molar-refractivity contribution in [2.24, 2.45) is 5.92 Å². The smallest absolute Gasteiger partial charge is 0.0852 e. The van der Waals surface area contributed by atoms with E-state index in [0.717, 1.165) is 18.4 Å². The van der Waals surface area contributed by atoms with Crippen molar-refractivity contribution in [2.75, 3.05) is 0 Å². The Morgan fingerprint density at radius 3 is 2.65 bits per heavy atom. The molecule has 1 aliphatic carbocycles. The maximum Gasteiger partial charge on any atom is 0.0852 e. The van der Waals surface area contributed by atoms with Gasteiger partial charge < -0.3 is 5.11 Å². The first-order valence-corrected chi connectivity index (χ1v) is 7.45. The van der Waals surface area contributed by atoms with E-state index >= 15 is 0 Å². The summed E-state index contributed by atoms with van der Waals surface area (Å²) in [6, 6.07) is 8.20. The third kappa shape index (κ3) is 3.81. The van der Waals surface area contributed by atoms with Gasteiger partial charge in [-0.3, -0.25) is 0 Å². The van der Waals surface area contributed by atoms with Crippen LogP contribution in [-0.4, -0.2) is 5.11 Å². The Bertz CT molecular complexity index is 369. The molecule has 1 N–H and O–H groups in total. The molecule has 0 spiro atoms. The number of aliphatic hydroxyl groups excluding tert-OH is 1. The minimum Gasteiger partial charge on any atom is -0.388 e. The van der Waals surface area contributed by atoms with E-state index in [4.69, 9.17) is 0 Å². The Kier molecular flexibility index (Phi) is 5.04. The molecular weight excluding hydrogens is 323 g/mol. The molecule has 0 fully saturated rings. The van der Waals surface area contributed by atoms with Crippen LogP contribution in [-0.2, 0) is 0 Å². The molecular formula is C15H19IO. The van der Waals surface area contributed by atoms with Gasteiger partial charge in [-0.2, -0.15) is 0 Å². The van der Waals surface area contributed by atoms with Crippen LogP contribution >= 0.6 is 22.6 Å². The molecule has 17 heavy (non-hydrogen) atoms. The number of benzene rings is 1. The molecule has 1 nitrogen and oxygen atoms in total. The molecule has 0 heterocycles. The molecule has 92 valence electrons. The normalized spacial score (nSPS) is 24.7. The van der Waals surface area contributed by atoms with Gasteiger partial charge in [-0.1, -0.05) is 37.1 Å². The lowest BCUT2D eigenvalue weighted by atomic mass is 9.88. The topological polar surface area (TPSA) is 20.2 Å². The Morgan fingerprint density at radius 1 is 1.12 bits per heavy atom. The maximum absolute atomic E-state index is 10.4. The SMILES string of the molecule is OC(c1ccc(I)cc1)C1/C=C\CCCCC1. The van der Waals surface area contributed by atoms with Gasteiger partial charge in [0.05, 0.1) is 6.10 Å². The van der Waals surface area contributed by atoms with Gasteiger partial charge in [0.2, 0.25) is 0 Å². The van der Waals surface area contributed by atoms with Crippen molar-refractivity contribution in [3.05, 3.63) is 45.6 Å². The number of allylic oxidation sites excluding steroid dienone is 1. The van der Waals surface area contributed by atoms with Gasteiger partial charge in [-0.25, -0.2) is 0 Å². The second-order valence-electron chi connectivity index (χ2n) is 4.73. The van der Waals surface area contributed by atoms with Crippen molar-refractivity contribution >= 4 is 22.6 Å². The zero-order valence-corrected chi connectivity index (χ0v) is 12.1. The minimum absolute atomic E-state index is 0.287. The lowest BCUT2D eigenvalue weighted by Crippen LogP contribution is -2.11. The van der Waals surface area contributed by atoms with Crippen LogP contribution in [0.1, 0.15) is 43.8 Å². The van der Waals surface area contributed by atoms with E-state index < -0.39 is 0 Å². The van der Waals surface area contributed by atoms with Crippen LogP contribution in [0, 0.1) is 9.49 Å². The lowest BCUT2D eigenvalue weighted by Gasteiger charge is -2.21. The molecule has 2 heteroatoms. The lowest BCUT2D eigenvalue weighted by molar-refractivity contribution is 0.124. The largest absolute Gasteiger partial charge is 0.388 e. The van der Waals surface area contributed by atoms with Crippen LogP contribution in [0.15, 0.2) is 36.4 Å². The Labute approximate surface area is 117 Å². The van der Waals surface area contributed by atoms with Crippen molar-refractivity contribution < 1.29 is 5.11 Å². The number of hydrogen-bond acceptors (Lipinski definition) is 1. The molecule has 2 unspecified atom stereocenters. The number of hydrogen-bond donors (Lipinski definition) is 1. The Morgan fingerprint density at radius 2 is 1.88 bits per heavy atom. The molecule has 0 aliphatic heterocycles. The molecule has 1 aromatic carbocycles. The fraction of sp³-hybridized carbons (Fsp3) is 0.467. The molecule has 0 saturated carbocycles. The van der Waals surface area contributed by atoms with Crippen molar-refractivity contribution in [2.45, 2.75) is 38.2 Å². The van der Waals surface area contributed by atoms with Crippen LogP contribution in [0.3, 0.4) is 0 Å². The summed E-state index contributed by atoms with van der Waals surface area (Å²) in [5.41, 5.74) is 1.04. The second-order valence-corrected chi connectivity index (χ2v) is 5.97. The van der Waals surface area contributed by atoms with Gasteiger partial charge in [-0.15, -0.1) is 0 Å². The Balaban J connectivity index is 2.09. The first-order valence-electron chi connectivity index (χ1n) is 6.37. The molecule has 0 saturated heterocycles. The van der Waals surface area contributed by atoms with E-state index in [1.807, 2.05) is 12.1 Å². The quantitative estimate of drug-likeness (QED) is 0.621. The molecule has 0 amide bonds. The van der Waals surface area contributed by atoms with E-state index in [0.29, 0.717) is 0 Å². The summed E-state index contributed by atoms with van der Waals surface area (Å²) >= 11 is 2.29. The summed E-state index contributed by atoms with van der Waals surface area (Å²) in [5.74, 6) is 0.287. The minimum atomic E-state index is -0.346. The van der Waals surface area contributed by atoms with Gasteiger partial charge in [-0.05, 0) is 59.5 Å². The predicted molar refractivity (Wildman–Crippen MR) is 79.8 cm³/mol. The maximum atomic E-state index is 10.4. The van der Waals surface area contributed by atoms with Crippen LogP contribution in [0.4, 0.5) is 0 Å².